The molecule has 1 aliphatic rings. The topological polar surface area (TPSA) is 70.7 Å². The molecule has 26 heavy (non-hydrogen) atoms. The maximum Gasteiger partial charge on any atom is 0.261 e. The molecule has 5 nitrogen and oxygen atoms in total. The minimum Gasteiger partial charge on any atom is -0.358 e. The molecule has 3 aromatic rings. The second-order valence-electron chi connectivity index (χ2n) is 6.07. The molecule has 0 bridgehead atoms. The summed E-state index contributed by atoms with van der Waals surface area (Å²) < 4.78 is 0. The molecule has 2 aromatic heterocycles. The Bertz CT molecular complexity index is 1070. The SMILES string of the molecule is Cc1nc2c(c(=O)[nH]1)C(=S)C(c1ccnc(/C=C/c3ccccc3)c1)N2. The third kappa shape index (κ3) is 3.07. The maximum atomic E-state index is 12.2. The van der Waals surface area contributed by atoms with Crippen LogP contribution >= 0.6 is 12.2 Å². The zero-order valence-electron chi connectivity index (χ0n) is 14.1. The molecule has 6 heteroatoms. The third-order valence-electron chi connectivity index (χ3n) is 4.21. The van der Waals surface area contributed by atoms with E-state index in [1.165, 1.54) is 0 Å². The van der Waals surface area contributed by atoms with Gasteiger partial charge in [-0.2, -0.15) is 0 Å². The number of H-pyrrole nitrogens is 1. The quantitative estimate of drug-likeness (QED) is 0.699. The van der Waals surface area contributed by atoms with E-state index in [0.717, 1.165) is 16.8 Å². The Labute approximate surface area is 155 Å². The van der Waals surface area contributed by atoms with E-state index in [0.29, 0.717) is 22.1 Å². The van der Waals surface area contributed by atoms with E-state index >= 15 is 0 Å². The molecule has 1 atom stereocenters. The molecule has 1 aliphatic heterocycles. The maximum absolute atomic E-state index is 12.2. The normalized spacial score (nSPS) is 15.9. The van der Waals surface area contributed by atoms with Crippen LogP contribution in [0.5, 0.6) is 0 Å². The molecule has 0 radical (unpaired) electrons. The number of aryl methyl sites for hydroxylation is 1. The number of rotatable bonds is 3. The Morgan fingerprint density at radius 1 is 1.15 bits per heavy atom. The summed E-state index contributed by atoms with van der Waals surface area (Å²) in [4.78, 5) is 24.2. The van der Waals surface area contributed by atoms with Gasteiger partial charge in [-0.15, -0.1) is 0 Å². The average molecular weight is 360 g/mol. The fourth-order valence-electron chi connectivity index (χ4n) is 2.98. The molecule has 128 valence electrons. The highest BCUT2D eigenvalue weighted by Crippen LogP contribution is 2.31. The summed E-state index contributed by atoms with van der Waals surface area (Å²) in [7, 11) is 0. The number of aromatic nitrogens is 3. The Morgan fingerprint density at radius 2 is 1.96 bits per heavy atom. The Kier molecular flexibility index (Phi) is 4.18. The van der Waals surface area contributed by atoms with Crippen LogP contribution in [0.3, 0.4) is 0 Å². The van der Waals surface area contributed by atoms with Gasteiger partial charge in [0.05, 0.1) is 22.2 Å². The first-order chi connectivity index (χ1) is 12.6. The molecule has 3 heterocycles. The van der Waals surface area contributed by atoms with Crippen LogP contribution in [0.25, 0.3) is 12.2 Å². The number of aromatic amines is 1. The van der Waals surface area contributed by atoms with E-state index in [4.69, 9.17) is 12.2 Å². The summed E-state index contributed by atoms with van der Waals surface area (Å²) in [5.41, 5.74) is 3.13. The molecule has 1 aromatic carbocycles. The highest BCUT2D eigenvalue weighted by atomic mass is 32.1. The third-order valence-corrected chi connectivity index (χ3v) is 4.65. The summed E-state index contributed by atoms with van der Waals surface area (Å²) in [6.07, 6.45) is 5.71. The standard InChI is InChI=1S/C20H16N4OS/c1-12-22-19-16(20(25)23-12)18(26)17(24-19)14-9-10-21-15(11-14)8-7-13-5-3-2-4-6-13/h2-11,17H,1H3,(H2,22,23,24,25)/b8-7+. The van der Waals surface area contributed by atoms with Gasteiger partial charge in [0.15, 0.2) is 0 Å². The van der Waals surface area contributed by atoms with Crippen molar-refractivity contribution in [3.05, 3.63) is 87.2 Å². The van der Waals surface area contributed by atoms with Crippen LogP contribution in [-0.2, 0) is 0 Å². The molecule has 0 spiro atoms. The van der Waals surface area contributed by atoms with Gasteiger partial charge < -0.3 is 10.3 Å². The predicted molar refractivity (Wildman–Crippen MR) is 107 cm³/mol. The first kappa shape index (κ1) is 16.4. The van der Waals surface area contributed by atoms with Gasteiger partial charge in [0, 0.05) is 6.20 Å². The van der Waals surface area contributed by atoms with Crippen molar-refractivity contribution in [2.45, 2.75) is 13.0 Å². The predicted octanol–water partition coefficient (Wildman–Crippen LogP) is 3.53. The number of nitrogens with one attached hydrogen (secondary N) is 2. The summed E-state index contributed by atoms with van der Waals surface area (Å²) in [5.74, 6) is 1.10. The highest BCUT2D eigenvalue weighted by Gasteiger charge is 2.31. The number of pyridine rings is 1. The van der Waals surface area contributed by atoms with Crippen LogP contribution in [0, 0.1) is 6.92 Å². The smallest absolute Gasteiger partial charge is 0.261 e. The lowest BCUT2D eigenvalue weighted by Gasteiger charge is -2.12. The van der Waals surface area contributed by atoms with Crippen LogP contribution in [-0.4, -0.2) is 19.8 Å². The number of benzene rings is 1. The Balaban J connectivity index is 1.64. The van der Waals surface area contributed by atoms with Gasteiger partial charge in [-0.25, -0.2) is 4.98 Å². The second-order valence-corrected chi connectivity index (χ2v) is 6.51. The van der Waals surface area contributed by atoms with E-state index in [-0.39, 0.29) is 11.6 Å². The van der Waals surface area contributed by atoms with Gasteiger partial charge in [0.25, 0.3) is 5.56 Å². The number of fused-ring (bicyclic) bond motifs is 1. The van der Waals surface area contributed by atoms with Gasteiger partial charge in [-0.05, 0) is 36.3 Å². The van der Waals surface area contributed by atoms with E-state index in [1.807, 2.05) is 54.6 Å². The number of hydrogen-bond donors (Lipinski definition) is 2. The summed E-state index contributed by atoms with van der Waals surface area (Å²) in [5, 5.41) is 3.26. The Hall–Kier alpha value is -3.12. The lowest BCUT2D eigenvalue weighted by molar-refractivity contribution is 1.00. The van der Waals surface area contributed by atoms with E-state index in [9.17, 15) is 4.79 Å². The van der Waals surface area contributed by atoms with Crippen molar-refractivity contribution < 1.29 is 0 Å². The molecular formula is C20H16N4OS. The van der Waals surface area contributed by atoms with Crippen molar-refractivity contribution in [3.63, 3.8) is 0 Å². The molecule has 0 saturated carbocycles. The zero-order chi connectivity index (χ0) is 18.1. The number of thiocarbonyl (C=S) groups is 1. The van der Waals surface area contributed by atoms with E-state index < -0.39 is 0 Å². The minimum absolute atomic E-state index is 0.203. The van der Waals surface area contributed by atoms with Gasteiger partial charge in [0.2, 0.25) is 0 Å². The second kappa shape index (κ2) is 6.65. The van der Waals surface area contributed by atoms with Crippen LogP contribution < -0.4 is 10.9 Å². The molecule has 0 fully saturated rings. The monoisotopic (exact) mass is 360 g/mol. The average Bonchev–Trinajstić information content (AvgIpc) is 2.98. The zero-order valence-corrected chi connectivity index (χ0v) is 14.9. The largest absolute Gasteiger partial charge is 0.358 e. The molecule has 2 N–H and O–H groups in total. The van der Waals surface area contributed by atoms with Gasteiger partial charge >= 0.3 is 0 Å². The van der Waals surface area contributed by atoms with E-state index in [1.54, 1.807) is 13.1 Å². The summed E-state index contributed by atoms with van der Waals surface area (Å²) in [6, 6.07) is 13.6. The Morgan fingerprint density at radius 3 is 2.77 bits per heavy atom. The number of nitrogens with zero attached hydrogens (tertiary/aromatic N) is 2. The molecule has 1 unspecified atom stereocenters. The van der Waals surface area contributed by atoms with E-state index in [2.05, 4.69) is 20.3 Å². The van der Waals surface area contributed by atoms with Crippen LogP contribution in [0.15, 0.2) is 53.5 Å². The fourth-order valence-corrected chi connectivity index (χ4v) is 3.37. The lowest BCUT2D eigenvalue weighted by atomic mass is 10.0. The first-order valence-electron chi connectivity index (χ1n) is 8.22. The molecule has 0 amide bonds. The van der Waals surface area contributed by atoms with Gasteiger partial charge in [-0.3, -0.25) is 9.78 Å². The molecule has 0 aliphatic carbocycles. The van der Waals surface area contributed by atoms with Crippen molar-refractivity contribution in [1.82, 2.24) is 15.0 Å². The fraction of sp³-hybridized carbons (Fsp3) is 0.100. The van der Waals surface area contributed by atoms with Crippen molar-refractivity contribution >= 4 is 35.1 Å². The van der Waals surface area contributed by atoms with Crippen LogP contribution in [0.1, 0.15) is 34.3 Å². The summed E-state index contributed by atoms with van der Waals surface area (Å²) >= 11 is 5.53. The summed E-state index contributed by atoms with van der Waals surface area (Å²) in [6.45, 7) is 1.75. The minimum atomic E-state index is -0.262. The van der Waals surface area contributed by atoms with Crippen molar-refractivity contribution in [2.75, 3.05) is 5.32 Å². The molecule has 0 saturated heterocycles. The van der Waals surface area contributed by atoms with Crippen molar-refractivity contribution in [1.29, 1.82) is 0 Å². The van der Waals surface area contributed by atoms with Crippen LogP contribution in [0.4, 0.5) is 5.82 Å². The highest BCUT2D eigenvalue weighted by molar-refractivity contribution is 7.81. The number of anilines is 1. The van der Waals surface area contributed by atoms with Crippen molar-refractivity contribution in [2.24, 2.45) is 0 Å². The lowest BCUT2D eigenvalue weighted by Crippen LogP contribution is -2.18. The van der Waals surface area contributed by atoms with Crippen molar-refractivity contribution in [3.8, 4) is 0 Å². The number of hydrogen-bond acceptors (Lipinski definition) is 5. The van der Waals surface area contributed by atoms with Crippen LogP contribution in [0.2, 0.25) is 0 Å². The first-order valence-corrected chi connectivity index (χ1v) is 8.63. The molecule has 4 rings (SSSR count). The van der Waals surface area contributed by atoms with Gasteiger partial charge in [0.1, 0.15) is 11.6 Å². The molecular weight excluding hydrogens is 344 g/mol. The van der Waals surface area contributed by atoms with Gasteiger partial charge in [-0.1, -0.05) is 48.6 Å².